The van der Waals surface area contributed by atoms with Crippen molar-refractivity contribution in [1.29, 1.82) is 0 Å². The first-order valence-electron chi connectivity index (χ1n) is 6.45. The fourth-order valence-electron chi connectivity index (χ4n) is 1.97. The summed E-state index contributed by atoms with van der Waals surface area (Å²) < 4.78 is 7.42. The summed E-state index contributed by atoms with van der Waals surface area (Å²) in [6.45, 7) is 1.89. The number of carbonyl (C=O) groups excluding carboxylic acids is 1. The molecule has 0 spiro atoms. The first-order valence-corrected chi connectivity index (χ1v) is 6.45. The summed E-state index contributed by atoms with van der Waals surface area (Å²) in [4.78, 5) is 12.4. The van der Waals surface area contributed by atoms with Crippen LogP contribution in [0.15, 0.2) is 30.5 Å². The van der Waals surface area contributed by atoms with Crippen molar-refractivity contribution in [3.8, 4) is 5.75 Å². The van der Waals surface area contributed by atoms with Gasteiger partial charge in [-0.2, -0.15) is 5.10 Å². The number of rotatable bonds is 4. The highest BCUT2D eigenvalue weighted by molar-refractivity contribution is 6.09. The summed E-state index contributed by atoms with van der Waals surface area (Å²) in [5.41, 5.74) is 2.17. The topological polar surface area (TPSA) is 44.1 Å². The molecular weight excluding hydrogens is 240 g/mol. The van der Waals surface area contributed by atoms with Crippen LogP contribution in [0.2, 0.25) is 0 Å². The molecule has 0 radical (unpaired) electrons. The summed E-state index contributed by atoms with van der Waals surface area (Å²) in [5, 5.41) is 4.11. The molecule has 3 rings (SSSR count). The van der Waals surface area contributed by atoms with Gasteiger partial charge in [0, 0.05) is 18.3 Å². The third-order valence-electron chi connectivity index (χ3n) is 3.40. The number of ketones is 1. The second kappa shape index (κ2) is 4.53. The zero-order valence-electron chi connectivity index (χ0n) is 11.1. The van der Waals surface area contributed by atoms with Crippen molar-refractivity contribution >= 4 is 5.78 Å². The Morgan fingerprint density at radius 3 is 2.84 bits per heavy atom. The molecule has 98 valence electrons. The molecule has 2 aromatic rings. The van der Waals surface area contributed by atoms with Gasteiger partial charge in [-0.15, -0.1) is 0 Å². The standard InChI is InChI=1S/C15H16N2O2/c1-10-14(9-16-17(10)2)15(18)11-4-3-5-13(8-11)19-12-6-7-12/h3-5,8-9,12H,6-7H2,1-2H3. The highest BCUT2D eigenvalue weighted by atomic mass is 16.5. The van der Waals surface area contributed by atoms with Crippen LogP contribution in [-0.2, 0) is 7.05 Å². The summed E-state index contributed by atoms with van der Waals surface area (Å²) in [6.07, 6.45) is 4.18. The zero-order valence-corrected chi connectivity index (χ0v) is 11.1. The van der Waals surface area contributed by atoms with E-state index in [1.54, 1.807) is 10.9 Å². The van der Waals surface area contributed by atoms with Crippen molar-refractivity contribution in [2.75, 3.05) is 0 Å². The van der Waals surface area contributed by atoms with E-state index in [2.05, 4.69) is 5.10 Å². The van der Waals surface area contributed by atoms with E-state index < -0.39 is 0 Å². The molecule has 4 heteroatoms. The third-order valence-corrected chi connectivity index (χ3v) is 3.40. The average Bonchev–Trinajstić information content (AvgIpc) is 3.16. The van der Waals surface area contributed by atoms with Crippen molar-refractivity contribution in [2.24, 2.45) is 7.05 Å². The van der Waals surface area contributed by atoms with Crippen molar-refractivity contribution in [1.82, 2.24) is 9.78 Å². The minimum Gasteiger partial charge on any atom is -0.490 e. The van der Waals surface area contributed by atoms with Crippen molar-refractivity contribution in [3.05, 3.63) is 47.3 Å². The molecule has 0 saturated heterocycles. The molecule has 1 aliphatic carbocycles. The van der Waals surface area contributed by atoms with Gasteiger partial charge in [-0.05, 0) is 31.9 Å². The molecule has 0 aliphatic heterocycles. The number of hydrogen-bond donors (Lipinski definition) is 0. The predicted molar refractivity (Wildman–Crippen MR) is 71.5 cm³/mol. The Labute approximate surface area is 112 Å². The van der Waals surface area contributed by atoms with Gasteiger partial charge in [0.2, 0.25) is 0 Å². The highest BCUT2D eigenvalue weighted by Crippen LogP contribution is 2.27. The molecule has 1 saturated carbocycles. The highest BCUT2D eigenvalue weighted by Gasteiger charge is 2.24. The molecule has 0 N–H and O–H groups in total. The van der Waals surface area contributed by atoms with Crippen LogP contribution in [0.4, 0.5) is 0 Å². The van der Waals surface area contributed by atoms with E-state index in [0.29, 0.717) is 17.2 Å². The van der Waals surface area contributed by atoms with Crippen LogP contribution < -0.4 is 4.74 Å². The molecule has 0 bridgehead atoms. The Bertz CT molecular complexity index is 627. The number of ether oxygens (including phenoxy) is 1. The van der Waals surface area contributed by atoms with E-state index in [9.17, 15) is 4.79 Å². The molecule has 0 amide bonds. The van der Waals surface area contributed by atoms with Crippen LogP contribution in [0.1, 0.15) is 34.5 Å². The van der Waals surface area contributed by atoms with Gasteiger partial charge in [-0.3, -0.25) is 9.48 Å². The maximum atomic E-state index is 12.4. The maximum absolute atomic E-state index is 12.4. The Kier molecular flexibility index (Phi) is 2.85. The second-order valence-corrected chi connectivity index (χ2v) is 4.94. The lowest BCUT2D eigenvalue weighted by Gasteiger charge is -2.06. The maximum Gasteiger partial charge on any atom is 0.196 e. The van der Waals surface area contributed by atoms with Gasteiger partial charge in [0.25, 0.3) is 0 Å². The number of aryl methyl sites for hydroxylation is 1. The van der Waals surface area contributed by atoms with Crippen molar-refractivity contribution in [2.45, 2.75) is 25.9 Å². The third kappa shape index (κ3) is 2.38. The number of carbonyl (C=O) groups is 1. The number of nitrogens with zero attached hydrogens (tertiary/aromatic N) is 2. The molecule has 1 aromatic carbocycles. The molecule has 0 atom stereocenters. The van der Waals surface area contributed by atoms with E-state index >= 15 is 0 Å². The molecule has 1 aliphatic rings. The molecule has 1 aromatic heterocycles. The Morgan fingerprint density at radius 1 is 1.42 bits per heavy atom. The van der Waals surface area contributed by atoms with Gasteiger partial charge in [0.15, 0.2) is 5.78 Å². The van der Waals surface area contributed by atoms with Gasteiger partial charge in [0.1, 0.15) is 5.75 Å². The van der Waals surface area contributed by atoms with Gasteiger partial charge >= 0.3 is 0 Å². The van der Waals surface area contributed by atoms with E-state index in [0.717, 1.165) is 24.3 Å². The zero-order chi connectivity index (χ0) is 13.4. The van der Waals surface area contributed by atoms with E-state index in [4.69, 9.17) is 4.74 Å². The molecule has 4 nitrogen and oxygen atoms in total. The smallest absolute Gasteiger partial charge is 0.196 e. The second-order valence-electron chi connectivity index (χ2n) is 4.94. The van der Waals surface area contributed by atoms with Crippen LogP contribution in [0.25, 0.3) is 0 Å². The fourth-order valence-corrected chi connectivity index (χ4v) is 1.97. The Balaban J connectivity index is 1.88. The van der Waals surface area contributed by atoms with Crippen molar-refractivity contribution in [3.63, 3.8) is 0 Å². The quantitative estimate of drug-likeness (QED) is 0.789. The monoisotopic (exact) mass is 256 g/mol. The molecule has 1 fully saturated rings. The lowest BCUT2D eigenvalue weighted by Crippen LogP contribution is -2.04. The average molecular weight is 256 g/mol. The first-order chi connectivity index (χ1) is 9.15. The fraction of sp³-hybridized carbons (Fsp3) is 0.333. The minimum atomic E-state index is -0.00755. The number of benzene rings is 1. The SMILES string of the molecule is Cc1c(C(=O)c2cccc(OC3CC3)c2)cnn1C. The van der Waals surface area contributed by atoms with E-state index in [-0.39, 0.29) is 5.78 Å². The number of hydrogen-bond acceptors (Lipinski definition) is 3. The van der Waals surface area contributed by atoms with E-state index in [1.165, 1.54) is 0 Å². The molecule has 19 heavy (non-hydrogen) atoms. The molecule has 0 unspecified atom stereocenters. The lowest BCUT2D eigenvalue weighted by molar-refractivity contribution is 0.103. The van der Waals surface area contributed by atoms with Gasteiger partial charge < -0.3 is 4.74 Å². The summed E-state index contributed by atoms with van der Waals surface area (Å²) in [7, 11) is 1.83. The van der Waals surface area contributed by atoms with Crippen LogP contribution >= 0.6 is 0 Å². The normalized spacial score (nSPS) is 14.4. The van der Waals surface area contributed by atoms with Gasteiger partial charge in [-0.1, -0.05) is 12.1 Å². The van der Waals surface area contributed by atoms with Crippen LogP contribution in [-0.4, -0.2) is 21.7 Å². The Morgan fingerprint density at radius 2 is 2.21 bits per heavy atom. The predicted octanol–water partition coefficient (Wildman–Crippen LogP) is 2.50. The molecule has 1 heterocycles. The summed E-state index contributed by atoms with van der Waals surface area (Å²) in [5.74, 6) is 0.766. The number of aromatic nitrogens is 2. The van der Waals surface area contributed by atoms with E-state index in [1.807, 2.05) is 38.2 Å². The summed E-state index contributed by atoms with van der Waals surface area (Å²) in [6, 6.07) is 7.38. The molecular formula is C15H16N2O2. The largest absolute Gasteiger partial charge is 0.490 e. The Hall–Kier alpha value is -2.10. The van der Waals surface area contributed by atoms with Crippen LogP contribution in [0, 0.1) is 6.92 Å². The lowest BCUT2D eigenvalue weighted by atomic mass is 10.0. The van der Waals surface area contributed by atoms with Crippen LogP contribution in [0.3, 0.4) is 0 Å². The minimum absolute atomic E-state index is 0.00755. The van der Waals surface area contributed by atoms with Crippen molar-refractivity contribution < 1.29 is 9.53 Å². The summed E-state index contributed by atoms with van der Waals surface area (Å²) >= 11 is 0. The van der Waals surface area contributed by atoms with Crippen LogP contribution in [0.5, 0.6) is 5.75 Å². The van der Waals surface area contributed by atoms with Gasteiger partial charge in [0.05, 0.1) is 17.9 Å². The first kappa shape index (κ1) is 12.0. The van der Waals surface area contributed by atoms with Gasteiger partial charge in [-0.25, -0.2) is 0 Å².